The number of carboxylic acids is 1. The molecule has 0 aliphatic heterocycles. The Balaban J connectivity index is 2.40. The van der Waals surface area contributed by atoms with Crippen LogP contribution in [0.5, 0.6) is 0 Å². The largest absolute Gasteiger partial charge is 0.481 e. The molecule has 0 aliphatic rings. The highest BCUT2D eigenvalue weighted by atomic mass is 32.2. The summed E-state index contributed by atoms with van der Waals surface area (Å²) >= 11 is 1.73. The van der Waals surface area contributed by atoms with Gasteiger partial charge in [-0.05, 0) is 25.5 Å². The molecule has 82 valence electrons. The van der Waals surface area contributed by atoms with Crippen molar-refractivity contribution in [2.24, 2.45) is 0 Å². The Morgan fingerprint density at radius 2 is 2.00 bits per heavy atom. The second-order valence-electron chi connectivity index (χ2n) is 3.67. The van der Waals surface area contributed by atoms with E-state index in [0.717, 1.165) is 0 Å². The summed E-state index contributed by atoms with van der Waals surface area (Å²) in [6.07, 6.45) is 0.966. The van der Waals surface area contributed by atoms with Crippen LogP contribution in [0.1, 0.15) is 25.3 Å². The number of aryl methyl sites for hydroxylation is 1. The first kappa shape index (κ1) is 12.1. The molecule has 0 spiro atoms. The number of hydrogen-bond acceptors (Lipinski definition) is 2. The maximum Gasteiger partial charge on any atom is 0.303 e. The smallest absolute Gasteiger partial charge is 0.303 e. The van der Waals surface area contributed by atoms with Gasteiger partial charge in [-0.1, -0.05) is 24.6 Å². The molecule has 0 saturated heterocycles. The van der Waals surface area contributed by atoms with Crippen molar-refractivity contribution in [2.75, 3.05) is 0 Å². The van der Waals surface area contributed by atoms with Gasteiger partial charge in [0.2, 0.25) is 0 Å². The fourth-order valence-electron chi connectivity index (χ4n) is 1.23. The van der Waals surface area contributed by atoms with E-state index in [4.69, 9.17) is 5.11 Å². The van der Waals surface area contributed by atoms with Crippen LogP contribution in [0.3, 0.4) is 0 Å². The first-order chi connectivity index (χ1) is 7.08. The van der Waals surface area contributed by atoms with Crippen molar-refractivity contribution in [3.05, 3.63) is 29.8 Å². The molecule has 0 saturated carbocycles. The van der Waals surface area contributed by atoms with Crippen LogP contribution >= 0.6 is 11.8 Å². The zero-order valence-corrected chi connectivity index (χ0v) is 9.88. The van der Waals surface area contributed by atoms with Crippen molar-refractivity contribution >= 4 is 17.7 Å². The van der Waals surface area contributed by atoms with E-state index in [1.54, 1.807) is 11.8 Å². The number of rotatable bonds is 5. The molecular weight excluding hydrogens is 208 g/mol. The van der Waals surface area contributed by atoms with Gasteiger partial charge in [0.25, 0.3) is 0 Å². The molecule has 0 heterocycles. The topological polar surface area (TPSA) is 37.3 Å². The number of aliphatic carboxylic acids is 1. The second kappa shape index (κ2) is 5.81. The monoisotopic (exact) mass is 224 g/mol. The molecule has 1 aromatic rings. The molecule has 1 unspecified atom stereocenters. The Labute approximate surface area is 94.7 Å². The molecule has 2 nitrogen and oxygen atoms in total. The molecule has 1 N–H and O–H groups in total. The van der Waals surface area contributed by atoms with Crippen molar-refractivity contribution in [2.45, 2.75) is 36.8 Å². The van der Waals surface area contributed by atoms with Gasteiger partial charge >= 0.3 is 5.97 Å². The van der Waals surface area contributed by atoms with Gasteiger partial charge in [-0.25, -0.2) is 0 Å². The lowest BCUT2D eigenvalue weighted by atomic mass is 10.2. The van der Waals surface area contributed by atoms with Crippen molar-refractivity contribution in [3.8, 4) is 0 Å². The predicted molar refractivity (Wildman–Crippen MR) is 63.4 cm³/mol. The third-order valence-corrected chi connectivity index (χ3v) is 3.31. The van der Waals surface area contributed by atoms with E-state index in [1.807, 2.05) is 0 Å². The molecule has 0 bridgehead atoms. The summed E-state index contributed by atoms with van der Waals surface area (Å²) in [5, 5.41) is 8.91. The zero-order valence-electron chi connectivity index (χ0n) is 9.06. The lowest BCUT2D eigenvalue weighted by Crippen LogP contribution is -2.01. The Hall–Kier alpha value is -0.960. The Bertz CT molecular complexity index is 319. The highest BCUT2D eigenvalue weighted by Crippen LogP contribution is 2.25. The third kappa shape index (κ3) is 4.88. The van der Waals surface area contributed by atoms with E-state index in [1.165, 1.54) is 10.5 Å². The van der Waals surface area contributed by atoms with Crippen LogP contribution in [-0.4, -0.2) is 16.3 Å². The molecule has 0 fully saturated rings. The summed E-state index contributed by atoms with van der Waals surface area (Å²) in [5.74, 6) is -0.716. The quantitative estimate of drug-likeness (QED) is 0.779. The predicted octanol–water partition coefficient (Wildman–Crippen LogP) is 3.34. The molecule has 0 radical (unpaired) electrons. The fourth-order valence-corrected chi connectivity index (χ4v) is 2.23. The van der Waals surface area contributed by atoms with Crippen LogP contribution in [0.15, 0.2) is 29.2 Å². The molecule has 0 amide bonds. The minimum absolute atomic E-state index is 0.250. The molecule has 1 aromatic carbocycles. The molecular formula is C12H16O2S. The number of carboxylic acid groups (broad SMARTS) is 1. The molecule has 3 heteroatoms. The summed E-state index contributed by atoms with van der Waals surface area (Å²) < 4.78 is 0. The molecule has 0 aromatic heterocycles. The summed E-state index contributed by atoms with van der Waals surface area (Å²) in [4.78, 5) is 11.6. The minimum atomic E-state index is -0.716. The van der Waals surface area contributed by atoms with E-state index < -0.39 is 5.97 Å². The number of hydrogen-bond donors (Lipinski definition) is 1. The van der Waals surface area contributed by atoms with Gasteiger partial charge in [-0.2, -0.15) is 0 Å². The standard InChI is InChI=1S/C12H16O2S/c1-9-3-6-11(7-4-9)15-10(2)5-8-12(13)14/h3-4,6-7,10H,5,8H2,1-2H3,(H,13,14). The van der Waals surface area contributed by atoms with Gasteiger partial charge in [0.15, 0.2) is 0 Å². The van der Waals surface area contributed by atoms with Crippen molar-refractivity contribution in [1.29, 1.82) is 0 Å². The van der Waals surface area contributed by atoms with Crippen LogP contribution in [0, 0.1) is 6.92 Å². The van der Waals surface area contributed by atoms with Gasteiger partial charge in [0.1, 0.15) is 0 Å². The second-order valence-corrected chi connectivity index (χ2v) is 5.19. The SMILES string of the molecule is Cc1ccc(SC(C)CCC(=O)O)cc1. The number of thioether (sulfide) groups is 1. The fraction of sp³-hybridized carbons (Fsp3) is 0.417. The molecule has 0 aliphatic carbocycles. The van der Waals surface area contributed by atoms with E-state index in [2.05, 4.69) is 38.1 Å². The first-order valence-corrected chi connectivity index (χ1v) is 5.91. The average molecular weight is 224 g/mol. The van der Waals surface area contributed by atoms with Gasteiger partial charge in [-0.15, -0.1) is 11.8 Å². The van der Waals surface area contributed by atoms with E-state index in [0.29, 0.717) is 11.7 Å². The summed E-state index contributed by atoms with van der Waals surface area (Å²) in [5.41, 5.74) is 1.25. The van der Waals surface area contributed by atoms with Crippen molar-refractivity contribution in [1.82, 2.24) is 0 Å². The van der Waals surface area contributed by atoms with E-state index in [-0.39, 0.29) is 6.42 Å². The summed E-state index contributed by atoms with van der Waals surface area (Å²) in [6.45, 7) is 4.12. The summed E-state index contributed by atoms with van der Waals surface area (Å²) in [7, 11) is 0. The highest BCUT2D eigenvalue weighted by molar-refractivity contribution is 7.99. The van der Waals surface area contributed by atoms with Crippen LogP contribution < -0.4 is 0 Å². The maximum absolute atomic E-state index is 10.4. The highest BCUT2D eigenvalue weighted by Gasteiger charge is 2.06. The number of benzene rings is 1. The average Bonchev–Trinajstić information content (AvgIpc) is 2.19. The molecule has 15 heavy (non-hydrogen) atoms. The Kier molecular flexibility index (Phi) is 4.69. The molecule has 1 rings (SSSR count). The Morgan fingerprint density at radius 1 is 1.40 bits per heavy atom. The van der Waals surface area contributed by atoms with Crippen LogP contribution in [0.25, 0.3) is 0 Å². The lowest BCUT2D eigenvalue weighted by Gasteiger charge is -2.09. The van der Waals surface area contributed by atoms with Crippen molar-refractivity contribution < 1.29 is 9.90 Å². The maximum atomic E-state index is 10.4. The van der Waals surface area contributed by atoms with Gasteiger partial charge < -0.3 is 5.11 Å². The van der Waals surface area contributed by atoms with Crippen LogP contribution in [0.4, 0.5) is 0 Å². The normalized spacial score (nSPS) is 12.4. The van der Waals surface area contributed by atoms with Gasteiger partial charge in [-0.3, -0.25) is 4.79 Å². The zero-order chi connectivity index (χ0) is 11.3. The summed E-state index contributed by atoms with van der Waals surface area (Å²) in [6, 6.07) is 8.31. The third-order valence-electron chi connectivity index (χ3n) is 2.12. The number of carbonyl (C=O) groups is 1. The van der Waals surface area contributed by atoms with E-state index in [9.17, 15) is 4.79 Å². The minimum Gasteiger partial charge on any atom is -0.481 e. The lowest BCUT2D eigenvalue weighted by molar-refractivity contribution is -0.137. The van der Waals surface area contributed by atoms with Gasteiger partial charge in [0.05, 0.1) is 0 Å². The van der Waals surface area contributed by atoms with Crippen LogP contribution in [0.2, 0.25) is 0 Å². The van der Waals surface area contributed by atoms with Gasteiger partial charge in [0, 0.05) is 16.6 Å². The molecule has 1 atom stereocenters. The first-order valence-electron chi connectivity index (χ1n) is 5.03. The Morgan fingerprint density at radius 3 is 2.53 bits per heavy atom. The van der Waals surface area contributed by atoms with E-state index >= 15 is 0 Å². The van der Waals surface area contributed by atoms with Crippen LogP contribution in [-0.2, 0) is 4.79 Å². The van der Waals surface area contributed by atoms with Crippen molar-refractivity contribution in [3.63, 3.8) is 0 Å².